The van der Waals surface area contributed by atoms with Crippen LogP contribution in [0.5, 0.6) is 5.88 Å². The number of carbonyl (C=O) groups is 2. The van der Waals surface area contributed by atoms with Crippen LogP contribution in [-0.2, 0) is 14.6 Å². The Morgan fingerprint density at radius 3 is 2.38 bits per heavy atom. The Balaban J connectivity index is 0.951. The van der Waals surface area contributed by atoms with Crippen molar-refractivity contribution in [1.82, 2.24) is 15.2 Å². The zero-order chi connectivity index (χ0) is 41.4. The third-order valence-electron chi connectivity index (χ3n) is 18.5. The van der Waals surface area contributed by atoms with E-state index in [0.29, 0.717) is 67.0 Å². The summed E-state index contributed by atoms with van der Waals surface area (Å²) in [5.41, 5.74) is 2.95. The number of ether oxygens (including phenoxy) is 1. The molecule has 1 aromatic rings. The lowest BCUT2D eigenvalue weighted by atomic mass is 9.33. The van der Waals surface area contributed by atoms with Gasteiger partial charge in [-0.3, -0.25) is 4.79 Å². The van der Waals surface area contributed by atoms with Gasteiger partial charge in [-0.15, -0.1) is 0 Å². The smallest absolute Gasteiger partial charge is 0.335 e. The van der Waals surface area contributed by atoms with E-state index in [1.54, 1.807) is 0 Å². The molecule has 1 aliphatic heterocycles. The fraction of sp³-hybridized carbons (Fsp3) is 0.766. The van der Waals surface area contributed by atoms with Gasteiger partial charge < -0.3 is 25.2 Å². The number of aliphatic carboxylic acids is 1. The minimum Gasteiger partial charge on any atom is -0.481 e. The molecule has 0 amide bonds. The number of pyridine rings is 1. The number of aromatic carboxylic acids is 1. The third-order valence-corrected chi connectivity index (χ3v) is 20.1. The summed E-state index contributed by atoms with van der Waals surface area (Å²) in [6.07, 6.45) is 20.9. The minimum atomic E-state index is -2.86. The summed E-state index contributed by atoms with van der Waals surface area (Å²) in [5.74, 6) is 1.62. The predicted molar refractivity (Wildman–Crippen MR) is 225 cm³/mol. The quantitative estimate of drug-likeness (QED) is 0.200. The van der Waals surface area contributed by atoms with Crippen molar-refractivity contribution in [3.63, 3.8) is 0 Å². The first-order chi connectivity index (χ1) is 27.4. The van der Waals surface area contributed by atoms with E-state index < -0.39 is 27.2 Å². The molecule has 7 aliphatic rings. The lowest BCUT2D eigenvalue weighted by Gasteiger charge is -2.72. The summed E-state index contributed by atoms with van der Waals surface area (Å²) in [6, 6.07) is 2.79. The normalized spacial score (nSPS) is 40.5. The molecule has 1 saturated heterocycles. The van der Waals surface area contributed by atoms with Crippen LogP contribution in [0.2, 0.25) is 0 Å². The van der Waals surface area contributed by atoms with E-state index in [0.717, 1.165) is 31.8 Å². The molecule has 0 aromatic carbocycles. The van der Waals surface area contributed by atoms with Gasteiger partial charge in [-0.05, 0) is 146 Å². The molecule has 11 heteroatoms. The third kappa shape index (κ3) is 6.89. The summed E-state index contributed by atoms with van der Waals surface area (Å²) in [7, 11) is -2.86. The number of carboxylic acid groups (broad SMARTS) is 2. The van der Waals surface area contributed by atoms with Crippen molar-refractivity contribution in [1.29, 1.82) is 0 Å². The second kappa shape index (κ2) is 15.0. The van der Waals surface area contributed by atoms with E-state index in [1.165, 1.54) is 87.3 Å². The van der Waals surface area contributed by atoms with Crippen LogP contribution in [0.4, 0.5) is 0 Å². The highest BCUT2D eigenvalue weighted by Crippen LogP contribution is 2.76. The van der Waals surface area contributed by atoms with E-state index in [-0.39, 0.29) is 39.8 Å². The van der Waals surface area contributed by atoms with E-state index in [9.17, 15) is 28.2 Å². The van der Waals surface area contributed by atoms with Gasteiger partial charge in [0, 0.05) is 44.0 Å². The first-order valence-corrected chi connectivity index (χ1v) is 24.3. The monoisotopic (exact) mass is 819 g/mol. The number of hydrogen-bond donors (Lipinski definition) is 3. The first kappa shape index (κ1) is 42.0. The maximum Gasteiger partial charge on any atom is 0.335 e. The summed E-state index contributed by atoms with van der Waals surface area (Å²) in [5, 5.41) is 24.0. The lowest BCUT2D eigenvalue weighted by Crippen LogP contribution is -2.67. The van der Waals surface area contributed by atoms with Gasteiger partial charge >= 0.3 is 11.9 Å². The highest BCUT2D eigenvalue weighted by atomic mass is 32.2. The van der Waals surface area contributed by atoms with E-state index in [2.05, 4.69) is 62.0 Å². The Morgan fingerprint density at radius 1 is 0.897 bits per heavy atom. The van der Waals surface area contributed by atoms with Crippen molar-refractivity contribution in [2.24, 2.45) is 50.7 Å². The van der Waals surface area contributed by atoms with Crippen LogP contribution in [0, 0.1) is 50.7 Å². The number of fused-ring (bicyclic) bond motifs is 7. The lowest BCUT2D eigenvalue weighted by molar-refractivity contribution is -0.218. The molecule has 8 rings (SSSR count). The molecule has 3 N–H and O–H groups in total. The molecule has 0 radical (unpaired) electrons. The minimum absolute atomic E-state index is 0.0132. The number of aromatic nitrogens is 1. The molecule has 5 fully saturated rings. The van der Waals surface area contributed by atoms with Gasteiger partial charge in [-0.1, -0.05) is 53.2 Å². The zero-order valence-corrected chi connectivity index (χ0v) is 36.6. The molecule has 0 bridgehead atoms. The number of hydrogen-bond acceptors (Lipinski definition) is 8. The van der Waals surface area contributed by atoms with Gasteiger partial charge in [0.2, 0.25) is 5.88 Å². The van der Waals surface area contributed by atoms with Crippen LogP contribution in [0.15, 0.2) is 41.6 Å². The van der Waals surface area contributed by atoms with Crippen LogP contribution < -0.4 is 10.1 Å². The molecule has 1 aromatic heterocycles. The highest BCUT2D eigenvalue weighted by Gasteiger charge is 2.69. The van der Waals surface area contributed by atoms with Crippen LogP contribution in [0.3, 0.4) is 0 Å². The van der Waals surface area contributed by atoms with Crippen molar-refractivity contribution in [3.05, 3.63) is 47.2 Å². The van der Waals surface area contributed by atoms with Gasteiger partial charge in [0.1, 0.15) is 0 Å². The van der Waals surface area contributed by atoms with Gasteiger partial charge in [-0.2, -0.15) is 0 Å². The van der Waals surface area contributed by atoms with E-state index in [1.807, 2.05) is 0 Å². The van der Waals surface area contributed by atoms with Gasteiger partial charge in [0.15, 0.2) is 9.84 Å². The van der Waals surface area contributed by atoms with Gasteiger partial charge in [-0.25, -0.2) is 18.2 Å². The van der Waals surface area contributed by atoms with Crippen molar-refractivity contribution in [2.75, 3.05) is 44.3 Å². The second-order valence-corrected chi connectivity index (χ2v) is 23.4. The number of rotatable bonds is 11. The molecule has 0 spiro atoms. The van der Waals surface area contributed by atoms with Crippen molar-refractivity contribution < 1.29 is 33.0 Å². The summed E-state index contributed by atoms with van der Waals surface area (Å²) < 4.78 is 29.8. The maximum atomic E-state index is 12.8. The molecule has 10 nitrogen and oxygen atoms in total. The zero-order valence-electron chi connectivity index (χ0n) is 35.8. The molecule has 320 valence electrons. The molecule has 9 atom stereocenters. The van der Waals surface area contributed by atoms with Gasteiger partial charge in [0.25, 0.3) is 0 Å². The molecule has 7 unspecified atom stereocenters. The van der Waals surface area contributed by atoms with Gasteiger partial charge in [0.05, 0.1) is 29.1 Å². The first-order valence-electron chi connectivity index (χ1n) is 22.5. The topological polar surface area (TPSA) is 146 Å². The molecule has 2 heterocycles. The number of sulfone groups is 1. The van der Waals surface area contributed by atoms with Crippen molar-refractivity contribution in [3.8, 4) is 5.88 Å². The number of nitrogens with one attached hydrogen (secondary N) is 1. The Kier molecular flexibility index (Phi) is 10.8. The van der Waals surface area contributed by atoms with Crippen LogP contribution in [0.1, 0.15) is 135 Å². The number of nitrogens with zero attached hydrogens (tertiary/aromatic N) is 2. The van der Waals surface area contributed by atoms with Crippen molar-refractivity contribution >= 4 is 21.8 Å². The Bertz CT molecular complexity index is 1950. The second-order valence-electron chi connectivity index (χ2n) is 21.1. The van der Waals surface area contributed by atoms with E-state index in [4.69, 9.17) is 4.74 Å². The maximum absolute atomic E-state index is 12.8. The van der Waals surface area contributed by atoms with Crippen LogP contribution in [-0.4, -0.2) is 90.3 Å². The molecular weight excluding hydrogens is 751 g/mol. The highest BCUT2D eigenvalue weighted by molar-refractivity contribution is 7.91. The average Bonchev–Trinajstić information content (AvgIpc) is 3.60. The molecule has 4 saturated carbocycles. The summed E-state index contributed by atoms with van der Waals surface area (Å²) in [4.78, 5) is 30.6. The molecular formula is C47H69N3O7S. The largest absolute Gasteiger partial charge is 0.481 e. The predicted octanol–water partition coefficient (Wildman–Crippen LogP) is 8.19. The Labute approximate surface area is 347 Å². The summed E-state index contributed by atoms with van der Waals surface area (Å²) >= 11 is 0. The van der Waals surface area contributed by atoms with Crippen LogP contribution >= 0.6 is 0 Å². The average molecular weight is 820 g/mol. The molecule has 58 heavy (non-hydrogen) atoms. The fourth-order valence-electron chi connectivity index (χ4n) is 15.1. The van der Waals surface area contributed by atoms with E-state index >= 15 is 0 Å². The summed E-state index contributed by atoms with van der Waals surface area (Å²) in [6.45, 7) is 16.4. The SMILES string of the molecule is CC1(C)C(C2=CCC(CCOc3cc(C(=O)O)ccn3)(C(=O)O)CC2)=CCC2(C)C1CCC1(C)C2CCC2[C@H]3CCCC3(NCCN3CCS(=O)(=O)CC3)CC[C@]21C. The molecule has 6 aliphatic carbocycles. The fourth-order valence-corrected chi connectivity index (χ4v) is 16.4. The Morgan fingerprint density at radius 2 is 1.67 bits per heavy atom. The van der Waals surface area contributed by atoms with Crippen molar-refractivity contribution in [2.45, 2.75) is 130 Å². The number of carboxylic acids is 2. The standard InChI is InChI=1S/C47H69N3O7S/c1-42(2)34(32-10-18-46(19-11-32,41(53)54)22-28-57-39-31-33(40(51)52)14-23-48-39)12-16-43(3)37(42)13-17-45(5)38(43)9-8-35-36-7-6-15-47(36,21-20-44(35,45)4)49-24-25-50-26-29-58(55,56)30-27-50/h10,12,14,23,31,35-38,49H,6-9,11,13,15-22,24-30H2,1-5H3,(H,51,52)(H,53,54)/t35?,36-,37?,38?,43?,44-,45?,46?,47?/m1/s1. The number of allylic oxidation sites excluding steroid dienone is 4. The Hall–Kier alpha value is -2.76. The van der Waals surface area contributed by atoms with Crippen LogP contribution in [0.25, 0.3) is 0 Å².